The predicted octanol–water partition coefficient (Wildman–Crippen LogP) is 2.07. The molecule has 0 radical (unpaired) electrons. The quantitative estimate of drug-likeness (QED) is 0.606. The molecule has 0 spiro atoms. The lowest BCUT2D eigenvalue weighted by Gasteiger charge is -1.93. The van der Waals surface area contributed by atoms with Crippen molar-refractivity contribution in [3.63, 3.8) is 0 Å². The maximum Gasteiger partial charge on any atom is 0.163 e. The zero-order chi connectivity index (χ0) is 8.72. The van der Waals surface area contributed by atoms with Crippen LogP contribution in [0, 0.1) is 10.9 Å². The van der Waals surface area contributed by atoms with E-state index in [1.165, 1.54) is 0 Å². The topological polar surface area (TPSA) is 30.7 Å². The molecule has 0 atom stereocenters. The van der Waals surface area contributed by atoms with Crippen molar-refractivity contribution in [2.24, 2.45) is 7.05 Å². The van der Waals surface area contributed by atoms with Crippen LogP contribution in [0.4, 0.5) is 0 Å². The standard InChI is InChI=1S/C7H7N3S2/c1-4-5-6(9-3-8-4)10(2)7(11)12-5/h3H,1-2H3. The van der Waals surface area contributed by atoms with Gasteiger partial charge in [-0.1, -0.05) is 0 Å². The minimum Gasteiger partial charge on any atom is -0.311 e. The van der Waals surface area contributed by atoms with Gasteiger partial charge in [-0.2, -0.15) is 0 Å². The molecule has 2 aromatic rings. The van der Waals surface area contributed by atoms with E-state index in [2.05, 4.69) is 9.97 Å². The third-order valence-electron chi connectivity index (χ3n) is 1.74. The van der Waals surface area contributed by atoms with Crippen molar-refractivity contribution in [2.45, 2.75) is 6.92 Å². The molecule has 0 aliphatic heterocycles. The molecular formula is C7H7N3S2. The van der Waals surface area contributed by atoms with Gasteiger partial charge in [0.1, 0.15) is 6.33 Å². The first-order valence-electron chi connectivity index (χ1n) is 3.47. The number of nitrogens with zero attached hydrogens (tertiary/aromatic N) is 3. The lowest BCUT2D eigenvalue weighted by molar-refractivity contribution is 0.934. The SMILES string of the molecule is Cc1ncnc2c1sc(=S)n2C. The smallest absolute Gasteiger partial charge is 0.163 e. The van der Waals surface area contributed by atoms with Crippen LogP contribution in [0.25, 0.3) is 10.3 Å². The first kappa shape index (κ1) is 7.82. The molecule has 3 nitrogen and oxygen atoms in total. The number of thiazole rings is 1. The monoisotopic (exact) mass is 197 g/mol. The van der Waals surface area contributed by atoms with Gasteiger partial charge in [-0.25, -0.2) is 9.97 Å². The summed E-state index contributed by atoms with van der Waals surface area (Å²) in [6.45, 7) is 1.97. The molecule has 62 valence electrons. The first-order chi connectivity index (χ1) is 5.70. The van der Waals surface area contributed by atoms with Crippen LogP contribution in [0.1, 0.15) is 5.69 Å². The fourth-order valence-electron chi connectivity index (χ4n) is 1.05. The summed E-state index contributed by atoms with van der Waals surface area (Å²) in [5.41, 5.74) is 1.93. The van der Waals surface area contributed by atoms with Gasteiger partial charge in [0.05, 0.1) is 10.4 Å². The highest BCUT2D eigenvalue weighted by Crippen LogP contribution is 2.21. The minimum atomic E-state index is 0.841. The Balaban J connectivity index is 3.05. The van der Waals surface area contributed by atoms with Gasteiger partial charge < -0.3 is 4.57 Å². The normalized spacial score (nSPS) is 10.8. The van der Waals surface area contributed by atoms with Gasteiger partial charge in [0.25, 0.3) is 0 Å². The van der Waals surface area contributed by atoms with E-state index in [4.69, 9.17) is 12.2 Å². The van der Waals surface area contributed by atoms with Gasteiger partial charge in [0.15, 0.2) is 9.60 Å². The third-order valence-corrected chi connectivity index (χ3v) is 3.40. The molecule has 12 heavy (non-hydrogen) atoms. The maximum atomic E-state index is 5.13. The molecule has 0 aliphatic carbocycles. The Morgan fingerprint density at radius 2 is 2.25 bits per heavy atom. The number of aromatic nitrogens is 3. The summed E-state index contributed by atoms with van der Waals surface area (Å²) >= 11 is 6.69. The highest BCUT2D eigenvalue weighted by Gasteiger charge is 2.04. The number of rotatable bonds is 0. The molecule has 0 saturated carbocycles. The molecule has 2 heterocycles. The molecule has 0 aromatic carbocycles. The van der Waals surface area contributed by atoms with Crippen LogP contribution in [0.5, 0.6) is 0 Å². The number of aryl methyl sites for hydroxylation is 2. The number of hydrogen-bond donors (Lipinski definition) is 0. The largest absolute Gasteiger partial charge is 0.311 e. The minimum absolute atomic E-state index is 0.841. The van der Waals surface area contributed by atoms with E-state index in [-0.39, 0.29) is 0 Å². The van der Waals surface area contributed by atoms with Gasteiger partial charge >= 0.3 is 0 Å². The van der Waals surface area contributed by atoms with E-state index in [1.807, 2.05) is 18.5 Å². The fourth-order valence-corrected chi connectivity index (χ4v) is 2.27. The van der Waals surface area contributed by atoms with Crippen LogP contribution >= 0.6 is 23.6 Å². The molecular weight excluding hydrogens is 190 g/mol. The molecule has 0 unspecified atom stereocenters. The second-order valence-corrected chi connectivity index (χ2v) is 4.18. The van der Waals surface area contributed by atoms with Crippen molar-refractivity contribution in [2.75, 3.05) is 0 Å². The Morgan fingerprint density at radius 1 is 1.50 bits per heavy atom. The number of hydrogen-bond acceptors (Lipinski definition) is 4. The molecule has 0 saturated heterocycles. The molecule has 2 rings (SSSR count). The molecule has 0 fully saturated rings. The van der Waals surface area contributed by atoms with Crippen molar-refractivity contribution in [1.82, 2.24) is 14.5 Å². The Kier molecular flexibility index (Phi) is 1.69. The lowest BCUT2D eigenvalue weighted by Crippen LogP contribution is -1.91. The highest BCUT2D eigenvalue weighted by atomic mass is 32.1. The molecule has 0 bridgehead atoms. The second kappa shape index (κ2) is 2.60. The van der Waals surface area contributed by atoms with Crippen LogP contribution in [-0.4, -0.2) is 14.5 Å². The van der Waals surface area contributed by atoms with Crippen molar-refractivity contribution in [3.05, 3.63) is 16.0 Å². The summed E-state index contributed by atoms with van der Waals surface area (Å²) in [6.07, 6.45) is 1.57. The lowest BCUT2D eigenvalue weighted by atomic mass is 10.4. The van der Waals surface area contributed by atoms with Crippen LogP contribution in [0.15, 0.2) is 6.33 Å². The third kappa shape index (κ3) is 0.971. The Bertz CT molecular complexity index is 483. The summed E-state index contributed by atoms with van der Waals surface area (Å²) in [5, 5.41) is 0. The van der Waals surface area contributed by atoms with Crippen LogP contribution in [0.3, 0.4) is 0 Å². The van der Waals surface area contributed by atoms with Crippen molar-refractivity contribution >= 4 is 33.9 Å². The van der Waals surface area contributed by atoms with Gasteiger partial charge in [0.2, 0.25) is 0 Å². The second-order valence-electron chi connectivity index (χ2n) is 2.54. The zero-order valence-corrected chi connectivity index (χ0v) is 8.37. The first-order valence-corrected chi connectivity index (χ1v) is 4.70. The zero-order valence-electron chi connectivity index (χ0n) is 6.74. The Hall–Kier alpha value is -0.810. The van der Waals surface area contributed by atoms with Crippen molar-refractivity contribution in [1.29, 1.82) is 0 Å². The summed E-state index contributed by atoms with van der Waals surface area (Å²) in [6, 6.07) is 0. The van der Waals surface area contributed by atoms with E-state index >= 15 is 0 Å². The summed E-state index contributed by atoms with van der Waals surface area (Å²) in [4.78, 5) is 8.26. The maximum absolute atomic E-state index is 5.13. The van der Waals surface area contributed by atoms with Crippen LogP contribution in [0.2, 0.25) is 0 Å². The van der Waals surface area contributed by atoms with E-state index < -0.39 is 0 Å². The van der Waals surface area contributed by atoms with Gasteiger partial charge in [-0.3, -0.25) is 0 Å². The van der Waals surface area contributed by atoms with Crippen molar-refractivity contribution < 1.29 is 0 Å². The highest BCUT2D eigenvalue weighted by molar-refractivity contribution is 7.73. The van der Waals surface area contributed by atoms with Crippen LogP contribution < -0.4 is 0 Å². The summed E-state index contributed by atoms with van der Waals surface area (Å²) in [5.74, 6) is 0. The van der Waals surface area contributed by atoms with E-state index in [9.17, 15) is 0 Å². The van der Waals surface area contributed by atoms with E-state index in [1.54, 1.807) is 17.7 Å². The average Bonchev–Trinajstić information content (AvgIpc) is 2.32. The summed E-state index contributed by atoms with van der Waals surface area (Å²) < 4.78 is 3.84. The van der Waals surface area contributed by atoms with E-state index in [0.717, 1.165) is 20.0 Å². The molecule has 2 aromatic heterocycles. The molecule has 0 aliphatic rings. The Morgan fingerprint density at radius 3 is 2.92 bits per heavy atom. The molecule has 0 amide bonds. The van der Waals surface area contributed by atoms with Crippen LogP contribution in [-0.2, 0) is 7.05 Å². The molecule has 5 heteroatoms. The van der Waals surface area contributed by atoms with Gasteiger partial charge in [-0.15, -0.1) is 11.3 Å². The average molecular weight is 197 g/mol. The van der Waals surface area contributed by atoms with E-state index in [0.29, 0.717) is 0 Å². The summed E-state index contributed by atoms with van der Waals surface area (Å²) in [7, 11) is 1.92. The number of fused-ring (bicyclic) bond motifs is 1. The van der Waals surface area contributed by atoms with Crippen molar-refractivity contribution in [3.8, 4) is 0 Å². The fraction of sp³-hybridized carbons (Fsp3) is 0.286. The Labute approximate surface area is 78.7 Å². The van der Waals surface area contributed by atoms with Gasteiger partial charge in [-0.05, 0) is 19.1 Å². The van der Waals surface area contributed by atoms with Gasteiger partial charge in [0, 0.05) is 7.05 Å². The predicted molar refractivity (Wildman–Crippen MR) is 52.0 cm³/mol. The molecule has 0 N–H and O–H groups in total.